The minimum absolute atomic E-state index is 0.0627. The first-order valence-electron chi connectivity index (χ1n) is 9.17. The second-order valence-electron chi connectivity index (χ2n) is 7.43. The lowest BCUT2D eigenvalue weighted by molar-refractivity contribution is -0.151. The van der Waals surface area contributed by atoms with Crippen LogP contribution in [0.5, 0.6) is 5.75 Å². The minimum atomic E-state index is -1.13. The lowest BCUT2D eigenvalue weighted by atomic mass is 9.73. The number of rotatable bonds is 2. The molecule has 28 heavy (non-hydrogen) atoms. The zero-order valence-electron chi connectivity index (χ0n) is 15.0. The quantitative estimate of drug-likeness (QED) is 0.746. The van der Waals surface area contributed by atoms with Crippen LogP contribution in [-0.4, -0.2) is 46.6 Å². The van der Waals surface area contributed by atoms with Gasteiger partial charge in [-0.25, -0.2) is 0 Å². The first-order valence-corrected chi connectivity index (χ1v) is 9.17. The summed E-state index contributed by atoms with van der Waals surface area (Å²) < 4.78 is 5.78. The van der Waals surface area contributed by atoms with Crippen molar-refractivity contribution in [2.45, 2.75) is 5.92 Å². The highest BCUT2D eigenvalue weighted by Gasteiger charge is 2.57. The van der Waals surface area contributed by atoms with E-state index >= 15 is 0 Å². The number of carboxylic acids is 1. The Kier molecular flexibility index (Phi) is 3.62. The molecular weight excluding hydrogens is 356 g/mol. The predicted octanol–water partition coefficient (Wildman–Crippen LogP) is 2.94. The Hall–Kier alpha value is -3.41. The van der Waals surface area contributed by atoms with E-state index in [1.54, 1.807) is 23.4 Å². The van der Waals surface area contributed by atoms with Crippen molar-refractivity contribution in [2.75, 3.05) is 19.7 Å². The molecule has 1 unspecified atom stereocenters. The third-order valence-corrected chi connectivity index (χ3v) is 5.95. The van der Waals surface area contributed by atoms with Crippen LogP contribution >= 0.6 is 0 Å². The lowest BCUT2D eigenvalue weighted by Crippen LogP contribution is -2.46. The first kappa shape index (κ1) is 16.7. The number of carbonyl (C=O) groups is 2. The van der Waals surface area contributed by atoms with Gasteiger partial charge in [0.1, 0.15) is 17.8 Å². The van der Waals surface area contributed by atoms with Gasteiger partial charge in [-0.3, -0.25) is 14.6 Å². The molecule has 1 aromatic heterocycles. The fourth-order valence-corrected chi connectivity index (χ4v) is 4.47. The van der Waals surface area contributed by atoms with Crippen LogP contribution < -0.4 is 4.74 Å². The number of aliphatic carboxylic acids is 1. The Bertz CT molecular complexity index is 1110. The summed E-state index contributed by atoms with van der Waals surface area (Å²) in [6.45, 7) is 0.544. The molecular formula is C22H18N2O4. The molecule has 2 aliphatic heterocycles. The number of ether oxygens (including phenoxy) is 1. The number of para-hydroxylation sites is 1. The van der Waals surface area contributed by atoms with Gasteiger partial charge < -0.3 is 14.7 Å². The summed E-state index contributed by atoms with van der Waals surface area (Å²) in [6.07, 6.45) is 3.38. The minimum Gasteiger partial charge on any atom is -0.492 e. The molecule has 2 aromatic carbocycles. The molecule has 0 bridgehead atoms. The van der Waals surface area contributed by atoms with Crippen molar-refractivity contribution >= 4 is 22.6 Å². The molecule has 0 saturated carbocycles. The fourth-order valence-electron chi connectivity index (χ4n) is 4.47. The van der Waals surface area contributed by atoms with Gasteiger partial charge in [-0.1, -0.05) is 30.3 Å². The molecule has 3 heterocycles. The van der Waals surface area contributed by atoms with Gasteiger partial charge in [0.25, 0.3) is 5.91 Å². The molecule has 3 aromatic rings. The van der Waals surface area contributed by atoms with Crippen molar-refractivity contribution in [2.24, 2.45) is 5.41 Å². The number of pyridine rings is 1. The van der Waals surface area contributed by atoms with Crippen molar-refractivity contribution in [3.8, 4) is 5.75 Å². The van der Waals surface area contributed by atoms with Gasteiger partial charge in [-0.15, -0.1) is 0 Å². The topological polar surface area (TPSA) is 79.7 Å². The number of likely N-dealkylation sites (tertiary alicyclic amines) is 1. The van der Waals surface area contributed by atoms with E-state index in [1.807, 2.05) is 42.5 Å². The third kappa shape index (κ3) is 2.30. The number of aromatic nitrogens is 1. The number of amides is 1. The van der Waals surface area contributed by atoms with Gasteiger partial charge in [-0.05, 0) is 23.6 Å². The average molecular weight is 374 g/mol. The van der Waals surface area contributed by atoms with Crippen LogP contribution in [0.4, 0.5) is 0 Å². The van der Waals surface area contributed by atoms with Gasteiger partial charge >= 0.3 is 5.97 Å². The standard InChI is InChI=1S/C22H18N2O4/c25-20(16-6-3-4-14-10-23-9-8-15(14)16)24-11-18-17-5-1-2-7-19(17)28-13-22(18,12-24)21(26)27/h1-10,18H,11-13H2,(H,26,27)/t18?,22-/m1/s1. The summed E-state index contributed by atoms with van der Waals surface area (Å²) in [5.41, 5.74) is 0.290. The molecule has 0 spiro atoms. The highest BCUT2D eigenvalue weighted by Crippen LogP contribution is 2.50. The zero-order valence-corrected chi connectivity index (χ0v) is 15.0. The van der Waals surface area contributed by atoms with E-state index in [4.69, 9.17) is 4.74 Å². The normalized spacial score (nSPS) is 23.0. The highest BCUT2D eigenvalue weighted by atomic mass is 16.5. The van der Waals surface area contributed by atoms with E-state index in [2.05, 4.69) is 4.98 Å². The number of carbonyl (C=O) groups excluding carboxylic acids is 1. The smallest absolute Gasteiger partial charge is 0.315 e. The van der Waals surface area contributed by atoms with Crippen molar-refractivity contribution in [3.05, 3.63) is 72.1 Å². The van der Waals surface area contributed by atoms with Crippen LogP contribution in [-0.2, 0) is 4.79 Å². The maximum absolute atomic E-state index is 13.4. The van der Waals surface area contributed by atoms with Crippen molar-refractivity contribution < 1.29 is 19.4 Å². The summed E-state index contributed by atoms with van der Waals surface area (Å²) in [5, 5.41) is 11.7. The van der Waals surface area contributed by atoms with E-state index in [0.29, 0.717) is 17.9 Å². The lowest BCUT2D eigenvalue weighted by Gasteiger charge is -2.35. The second kappa shape index (κ2) is 6.05. The summed E-state index contributed by atoms with van der Waals surface area (Å²) in [5.74, 6) is -0.681. The molecule has 1 saturated heterocycles. The Labute approximate surface area is 161 Å². The molecule has 140 valence electrons. The predicted molar refractivity (Wildman–Crippen MR) is 102 cm³/mol. The number of benzene rings is 2. The summed E-state index contributed by atoms with van der Waals surface area (Å²) >= 11 is 0. The second-order valence-corrected chi connectivity index (χ2v) is 7.43. The SMILES string of the molecule is O=C(c1cccc2cnccc12)N1CC2c3ccccc3OC[C@]2(C(=O)O)C1. The Morgan fingerprint density at radius 3 is 2.86 bits per heavy atom. The fraction of sp³-hybridized carbons (Fsp3) is 0.227. The Morgan fingerprint density at radius 2 is 2.00 bits per heavy atom. The van der Waals surface area contributed by atoms with E-state index in [0.717, 1.165) is 16.3 Å². The van der Waals surface area contributed by atoms with Gasteiger partial charge in [0.15, 0.2) is 0 Å². The first-order chi connectivity index (χ1) is 13.6. The van der Waals surface area contributed by atoms with Gasteiger partial charge in [0.05, 0.1) is 0 Å². The number of fused-ring (bicyclic) bond motifs is 4. The van der Waals surface area contributed by atoms with Gasteiger partial charge in [0, 0.05) is 47.9 Å². The van der Waals surface area contributed by atoms with Gasteiger partial charge in [0.2, 0.25) is 0 Å². The van der Waals surface area contributed by atoms with E-state index in [1.165, 1.54) is 0 Å². The third-order valence-electron chi connectivity index (χ3n) is 5.95. The van der Waals surface area contributed by atoms with Crippen molar-refractivity contribution in [1.29, 1.82) is 0 Å². The maximum atomic E-state index is 13.4. The van der Waals surface area contributed by atoms with Crippen LogP contribution in [0.3, 0.4) is 0 Å². The Balaban J connectivity index is 1.56. The number of nitrogens with zero attached hydrogens (tertiary/aromatic N) is 2. The van der Waals surface area contributed by atoms with E-state index in [-0.39, 0.29) is 25.0 Å². The molecule has 2 aliphatic rings. The zero-order chi connectivity index (χ0) is 19.3. The van der Waals surface area contributed by atoms with E-state index < -0.39 is 11.4 Å². The summed E-state index contributed by atoms with van der Waals surface area (Å²) in [6, 6.07) is 14.8. The molecule has 6 heteroatoms. The van der Waals surface area contributed by atoms with Crippen molar-refractivity contribution in [1.82, 2.24) is 9.88 Å². The molecule has 1 amide bonds. The maximum Gasteiger partial charge on any atom is 0.315 e. The molecule has 1 N–H and O–H groups in total. The highest BCUT2D eigenvalue weighted by molar-refractivity contribution is 6.07. The van der Waals surface area contributed by atoms with Gasteiger partial charge in [-0.2, -0.15) is 0 Å². The molecule has 0 radical (unpaired) electrons. The molecule has 2 atom stereocenters. The molecule has 6 nitrogen and oxygen atoms in total. The van der Waals surface area contributed by atoms with Crippen LogP contribution in [0.1, 0.15) is 21.8 Å². The molecule has 0 aliphatic carbocycles. The molecule has 5 rings (SSSR count). The number of hydrogen-bond donors (Lipinski definition) is 1. The number of carboxylic acid groups (broad SMARTS) is 1. The van der Waals surface area contributed by atoms with Crippen LogP contribution in [0.2, 0.25) is 0 Å². The van der Waals surface area contributed by atoms with Crippen molar-refractivity contribution in [3.63, 3.8) is 0 Å². The summed E-state index contributed by atoms with van der Waals surface area (Å²) in [4.78, 5) is 31.4. The largest absolute Gasteiger partial charge is 0.492 e. The number of hydrogen-bond acceptors (Lipinski definition) is 4. The van der Waals surface area contributed by atoms with Crippen LogP contribution in [0.25, 0.3) is 10.8 Å². The summed E-state index contributed by atoms with van der Waals surface area (Å²) in [7, 11) is 0. The van der Waals surface area contributed by atoms with E-state index in [9.17, 15) is 14.7 Å². The van der Waals surface area contributed by atoms with Crippen LogP contribution in [0, 0.1) is 5.41 Å². The van der Waals surface area contributed by atoms with Crippen LogP contribution in [0.15, 0.2) is 60.9 Å². The average Bonchev–Trinajstić information content (AvgIpc) is 3.15. The molecule has 1 fully saturated rings. The Morgan fingerprint density at radius 1 is 1.14 bits per heavy atom. The monoisotopic (exact) mass is 374 g/mol.